The lowest BCUT2D eigenvalue weighted by Crippen LogP contribution is -2.55. The molecule has 136 valence electrons. The van der Waals surface area contributed by atoms with Crippen molar-refractivity contribution in [2.24, 2.45) is 0 Å². The van der Waals surface area contributed by atoms with Crippen LogP contribution >= 0.6 is 11.6 Å². The fraction of sp³-hybridized carbons (Fsp3) is 0.556. The van der Waals surface area contributed by atoms with Crippen molar-refractivity contribution in [2.75, 3.05) is 44.6 Å². The Balaban J connectivity index is 1.43. The summed E-state index contributed by atoms with van der Waals surface area (Å²) in [5.74, 6) is 0.127. The van der Waals surface area contributed by atoms with Crippen LogP contribution < -0.4 is 10.6 Å². The van der Waals surface area contributed by atoms with E-state index in [1.165, 1.54) is 0 Å². The van der Waals surface area contributed by atoms with E-state index in [0.717, 1.165) is 25.8 Å². The van der Waals surface area contributed by atoms with E-state index in [-0.39, 0.29) is 17.9 Å². The molecule has 0 aliphatic carbocycles. The van der Waals surface area contributed by atoms with Crippen LogP contribution in [0.2, 0.25) is 5.02 Å². The van der Waals surface area contributed by atoms with Crippen LogP contribution in [-0.4, -0.2) is 66.9 Å². The van der Waals surface area contributed by atoms with E-state index < -0.39 is 0 Å². The van der Waals surface area contributed by atoms with Gasteiger partial charge in [-0.05, 0) is 31.5 Å². The van der Waals surface area contributed by atoms with E-state index in [4.69, 9.17) is 11.6 Å². The lowest BCUT2D eigenvalue weighted by atomic mass is 10.0. The lowest BCUT2D eigenvalue weighted by molar-refractivity contribution is -0.135. The van der Waals surface area contributed by atoms with Gasteiger partial charge in [0, 0.05) is 26.2 Å². The monoisotopic (exact) mass is 364 g/mol. The van der Waals surface area contributed by atoms with E-state index >= 15 is 0 Å². The highest BCUT2D eigenvalue weighted by Gasteiger charge is 2.28. The average molecular weight is 365 g/mol. The van der Waals surface area contributed by atoms with Crippen molar-refractivity contribution >= 4 is 29.1 Å². The molecule has 2 heterocycles. The molecule has 1 atom stereocenters. The summed E-state index contributed by atoms with van der Waals surface area (Å²) in [5, 5.41) is 6.68. The van der Waals surface area contributed by atoms with Gasteiger partial charge in [0.2, 0.25) is 11.8 Å². The number of amides is 2. The summed E-state index contributed by atoms with van der Waals surface area (Å²) >= 11 is 6.06. The van der Waals surface area contributed by atoms with Crippen molar-refractivity contribution in [3.8, 4) is 0 Å². The number of carbonyl (C=O) groups is 2. The minimum absolute atomic E-state index is 0.0242. The van der Waals surface area contributed by atoms with Gasteiger partial charge in [0.05, 0.1) is 23.3 Å². The SMILES string of the molecule is O=C(CN1CCN(C(=O)C2CCCCN2)CC1)Nc1ccccc1Cl. The molecule has 3 rings (SSSR count). The van der Waals surface area contributed by atoms with Crippen molar-refractivity contribution in [3.05, 3.63) is 29.3 Å². The first-order chi connectivity index (χ1) is 12.1. The predicted octanol–water partition coefficient (Wildman–Crippen LogP) is 1.56. The maximum atomic E-state index is 12.5. The van der Waals surface area contributed by atoms with E-state index in [0.29, 0.717) is 43.4 Å². The molecule has 0 aromatic heterocycles. The second-order valence-electron chi connectivity index (χ2n) is 6.63. The summed E-state index contributed by atoms with van der Waals surface area (Å²) in [5.41, 5.74) is 0.631. The summed E-state index contributed by atoms with van der Waals surface area (Å²) < 4.78 is 0. The Labute approximate surface area is 153 Å². The number of hydrogen-bond donors (Lipinski definition) is 2. The summed E-state index contributed by atoms with van der Waals surface area (Å²) in [6, 6.07) is 7.18. The number of piperazine rings is 1. The number of hydrogen-bond acceptors (Lipinski definition) is 4. The van der Waals surface area contributed by atoms with Crippen molar-refractivity contribution < 1.29 is 9.59 Å². The van der Waals surface area contributed by atoms with Gasteiger partial charge < -0.3 is 15.5 Å². The highest BCUT2D eigenvalue weighted by atomic mass is 35.5. The molecular weight excluding hydrogens is 340 g/mol. The molecule has 2 fully saturated rings. The van der Waals surface area contributed by atoms with Crippen LogP contribution in [0.5, 0.6) is 0 Å². The second kappa shape index (κ2) is 8.65. The van der Waals surface area contributed by atoms with E-state index in [2.05, 4.69) is 15.5 Å². The smallest absolute Gasteiger partial charge is 0.239 e. The van der Waals surface area contributed by atoms with Crippen LogP contribution in [0.25, 0.3) is 0 Å². The Morgan fingerprint density at radius 1 is 1.16 bits per heavy atom. The highest BCUT2D eigenvalue weighted by molar-refractivity contribution is 6.33. The molecule has 1 unspecified atom stereocenters. The van der Waals surface area contributed by atoms with Crippen molar-refractivity contribution in [3.63, 3.8) is 0 Å². The van der Waals surface area contributed by atoms with Gasteiger partial charge in [0.1, 0.15) is 0 Å². The zero-order chi connectivity index (χ0) is 17.6. The van der Waals surface area contributed by atoms with Crippen LogP contribution in [0, 0.1) is 0 Å². The minimum Gasteiger partial charge on any atom is -0.339 e. The number of benzene rings is 1. The Hall–Kier alpha value is -1.63. The number of anilines is 1. The number of halogens is 1. The summed E-state index contributed by atoms with van der Waals surface area (Å²) in [6.45, 7) is 4.03. The molecule has 0 bridgehead atoms. The van der Waals surface area contributed by atoms with Gasteiger partial charge in [-0.1, -0.05) is 30.2 Å². The van der Waals surface area contributed by atoms with Crippen LogP contribution in [0.4, 0.5) is 5.69 Å². The van der Waals surface area contributed by atoms with Crippen LogP contribution in [0.1, 0.15) is 19.3 Å². The molecule has 7 heteroatoms. The number of nitrogens with zero attached hydrogens (tertiary/aromatic N) is 2. The number of para-hydroxylation sites is 1. The molecule has 0 radical (unpaired) electrons. The minimum atomic E-state index is -0.0816. The van der Waals surface area contributed by atoms with Gasteiger partial charge >= 0.3 is 0 Å². The topological polar surface area (TPSA) is 64.7 Å². The maximum Gasteiger partial charge on any atom is 0.239 e. The zero-order valence-corrected chi connectivity index (χ0v) is 15.1. The van der Waals surface area contributed by atoms with Gasteiger partial charge in [0.15, 0.2) is 0 Å². The third kappa shape index (κ3) is 4.93. The van der Waals surface area contributed by atoms with Crippen molar-refractivity contribution in [2.45, 2.75) is 25.3 Å². The van der Waals surface area contributed by atoms with Crippen LogP contribution in [-0.2, 0) is 9.59 Å². The largest absolute Gasteiger partial charge is 0.339 e. The summed E-state index contributed by atoms with van der Waals surface area (Å²) in [6.07, 6.45) is 3.20. The molecule has 6 nitrogen and oxygen atoms in total. The second-order valence-corrected chi connectivity index (χ2v) is 7.04. The molecule has 25 heavy (non-hydrogen) atoms. The van der Waals surface area contributed by atoms with Crippen LogP contribution in [0.15, 0.2) is 24.3 Å². The standard InChI is InChI=1S/C18H25ClN4O2/c19-14-5-1-2-6-15(14)21-17(24)13-22-9-11-23(12-10-22)18(25)16-7-3-4-8-20-16/h1-2,5-6,16,20H,3-4,7-13H2,(H,21,24). The number of piperidine rings is 1. The molecule has 1 aromatic carbocycles. The van der Waals surface area contributed by atoms with E-state index in [1.54, 1.807) is 12.1 Å². The first-order valence-electron chi connectivity index (χ1n) is 8.92. The first kappa shape index (κ1) is 18.2. The van der Waals surface area contributed by atoms with Gasteiger partial charge in [-0.25, -0.2) is 0 Å². The van der Waals surface area contributed by atoms with E-state index in [9.17, 15) is 9.59 Å². The van der Waals surface area contributed by atoms with E-state index in [1.807, 2.05) is 17.0 Å². The Bertz CT molecular complexity index is 611. The van der Waals surface area contributed by atoms with Crippen LogP contribution in [0.3, 0.4) is 0 Å². The van der Waals surface area contributed by atoms with Crippen molar-refractivity contribution in [1.82, 2.24) is 15.1 Å². The number of carbonyl (C=O) groups excluding carboxylic acids is 2. The highest BCUT2D eigenvalue weighted by Crippen LogP contribution is 2.20. The van der Waals surface area contributed by atoms with Crippen molar-refractivity contribution in [1.29, 1.82) is 0 Å². The molecule has 2 aliphatic rings. The maximum absolute atomic E-state index is 12.5. The number of rotatable bonds is 4. The fourth-order valence-corrected chi connectivity index (χ4v) is 3.55. The Morgan fingerprint density at radius 2 is 1.92 bits per heavy atom. The van der Waals surface area contributed by atoms with Gasteiger partial charge in [-0.3, -0.25) is 14.5 Å². The lowest BCUT2D eigenvalue weighted by Gasteiger charge is -2.37. The third-order valence-corrected chi connectivity index (χ3v) is 5.14. The van der Waals surface area contributed by atoms with Gasteiger partial charge in [-0.15, -0.1) is 0 Å². The normalized spacial score (nSPS) is 21.8. The molecule has 0 saturated carbocycles. The summed E-state index contributed by atoms with van der Waals surface area (Å²) in [4.78, 5) is 28.7. The average Bonchev–Trinajstić information content (AvgIpc) is 2.64. The molecular formula is C18H25ClN4O2. The predicted molar refractivity (Wildman–Crippen MR) is 98.7 cm³/mol. The zero-order valence-electron chi connectivity index (χ0n) is 14.3. The molecule has 1 aromatic rings. The Morgan fingerprint density at radius 3 is 2.60 bits per heavy atom. The third-order valence-electron chi connectivity index (χ3n) is 4.81. The first-order valence-corrected chi connectivity index (χ1v) is 9.30. The summed E-state index contributed by atoms with van der Waals surface area (Å²) in [7, 11) is 0. The fourth-order valence-electron chi connectivity index (χ4n) is 3.36. The molecule has 0 spiro atoms. The molecule has 2 aliphatic heterocycles. The number of nitrogens with one attached hydrogen (secondary N) is 2. The molecule has 2 amide bonds. The quantitative estimate of drug-likeness (QED) is 0.851. The van der Waals surface area contributed by atoms with Gasteiger partial charge in [-0.2, -0.15) is 0 Å². The Kier molecular flexibility index (Phi) is 6.29. The van der Waals surface area contributed by atoms with Gasteiger partial charge in [0.25, 0.3) is 0 Å². The molecule has 2 saturated heterocycles. The molecule has 2 N–H and O–H groups in total.